The Morgan fingerprint density at radius 3 is 2.50 bits per heavy atom. The molecule has 2 aromatic rings. The van der Waals surface area contributed by atoms with Gasteiger partial charge in [0.1, 0.15) is 6.04 Å². The summed E-state index contributed by atoms with van der Waals surface area (Å²) in [6, 6.07) is 10.5. The Balaban J connectivity index is 1.52. The van der Waals surface area contributed by atoms with Gasteiger partial charge in [0.2, 0.25) is 18.6 Å². The second kappa shape index (κ2) is 11.3. The summed E-state index contributed by atoms with van der Waals surface area (Å²) >= 11 is 12.8. The average Bonchev–Trinajstić information content (AvgIpc) is 3.50. The van der Waals surface area contributed by atoms with E-state index in [4.69, 9.17) is 32.7 Å². The van der Waals surface area contributed by atoms with E-state index in [0.717, 1.165) is 31.2 Å². The molecule has 1 N–H and O–H groups in total. The molecule has 4 rings (SSSR count). The van der Waals surface area contributed by atoms with Gasteiger partial charge in [-0.25, -0.2) is 0 Å². The molecule has 1 saturated carbocycles. The summed E-state index contributed by atoms with van der Waals surface area (Å²) in [5.74, 6) is 1.16. The van der Waals surface area contributed by atoms with Crippen LogP contribution in [0.15, 0.2) is 36.4 Å². The molecule has 1 aliphatic heterocycles. The van der Waals surface area contributed by atoms with Crippen LogP contribution in [-0.2, 0) is 22.6 Å². The first-order chi connectivity index (χ1) is 16.5. The van der Waals surface area contributed by atoms with E-state index in [-0.39, 0.29) is 37.6 Å². The highest BCUT2D eigenvalue weighted by Gasteiger charge is 2.31. The van der Waals surface area contributed by atoms with Crippen molar-refractivity contribution in [2.24, 2.45) is 0 Å². The molecule has 0 saturated heterocycles. The average molecular weight is 505 g/mol. The zero-order valence-electron chi connectivity index (χ0n) is 19.3. The molecular weight excluding hydrogens is 475 g/mol. The van der Waals surface area contributed by atoms with Gasteiger partial charge < -0.3 is 19.7 Å². The van der Waals surface area contributed by atoms with E-state index in [2.05, 4.69) is 5.32 Å². The first-order valence-corrected chi connectivity index (χ1v) is 12.6. The van der Waals surface area contributed by atoms with Gasteiger partial charge in [-0.05, 0) is 55.5 Å². The second-order valence-electron chi connectivity index (χ2n) is 8.82. The first-order valence-electron chi connectivity index (χ1n) is 11.9. The largest absolute Gasteiger partial charge is 0.454 e. The number of nitrogens with zero attached hydrogens (tertiary/aromatic N) is 1. The topological polar surface area (TPSA) is 67.9 Å². The highest BCUT2D eigenvalue weighted by molar-refractivity contribution is 6.36. The molecule has 0 radical (unpaired) electrons. The summed E-state index contributed by atoms with van der Waals surface area (Å²) in [6.07, 6.45) is 5.46. The summed E-state index contributed by atoms with van der Waals surface area (Å²) in [6.45, 7) is 2.30. The molecule has 2 aliphatic rings. The summed E-state index contributed by atoms with van der Waals surface area (Å²) in [5, 5.41) is 4.11. The maximum atomic E-state index is 13.5. The Hall–Kier alpha value is -2.44. The fourth-order valence-electron chi connectivity index (χ4n) is 4.63. The minimum atomic E-state index is -0.600. The van der Waals surface area contributed by atoms with Crippen LogP contribution in [0.25, 0.3) is 0 Å². The number of nitrogens with one attached hydrogen (secondary N) is 1. The van der Waals surface area contributed by atoms with Gasteiger partial charge in [-0.1, -0.05) is 55.1 Å². The summed E-state index contributed by atoms with van der Waals surface area (Å²) in [7, 11) is 0. The molecule has 2 aromatic carbocycles. The standard InChI is InChI=1S/C26H30Cl2N2O4/c1-2-22(26(32)29-18-6-3-4-7-18)30(15-19-20(27)8-5-9-21(19)28)25(31)13-11-17-10-12-23-24(14-17)34-16-33-23/h5,8-10,12,14,18,22H,2-4,6-7,11,13,15-16H2,1H3,(H,29,32)/t22-/m1/s1. The van der Waals surface area contributed by atoms with Crippen molar-refractivity contribution in [2.75, 3.05) is 6.79 Å². The normalized spacial score (nSPS) is 15.9. The third-order valence-electron chi connectivity index (χ3n) is 6.54. The number of amides is 2. The lowest BCUT2D eigenvalue weighted by Crippen LogP contribution is -2.51. The van der Waals surface area contributed by atoms with Crippen LogP contribution in [0.4, 0.5) is 0 Å². The van der Waals surface area contributed by atoms with Crippen LogP contribution in [0.5, 0.6) is 11.5 Å². The van der Waals surface area contributed by atoms with Gasteiger partial charge in [-0.2, -0.15) is 0 Å². The van der Waals surface area contributed by atoms with Gasteiger partial charge in [0.15, 0.2) is 11.5 Å². The number of carbonyl (C=O) groups is 2. The quantitative estimate of drug-likeness (QED) is 0.487. The number of fused-ring (bicyclic) bond motifs is 1. The molecule has 1 aliphatic carbocycles. The maximum absolute atomic E-state index is 13.5. The molecule has 0 spiro atoms. The SMILES string of the molecule is CC[C@H](C(=O)NC1CCCC1)N(Cc1c(Cl)cccc1Cl)C(=O)CCc1ccc2c(c1)OCO2. The molecule has 1 atom stereocenters. The fourth-order valence-corrected chi connectivity index (χ4v) is 5.15. The zero-order chi connectivity index (χ0) is 24.1. The van der Waals surface area contributed by atoms with E-state index in [1.807, 2.05) is 25.1 Å². The number of benzene rings is 2. The third kappa shape index (κ3) is 5.78. The molecule has 2 amide bonds. The summed E-state index contributed by atoms with van der Waals surface area (Å²) < 4.78 is 10.8. The number of ether oxygens (including phenoxy) is 2. The van der Waals surface area contributed by atoms with Crippen LogP contribution in [0.2, 0.25) is 10.0 Å². The highest BCUT2D eigenvalue weighted by Crippen LogP contribution is 2.33. The molecule has 34 heavy (non-hydrogen) atoms. The molecule has 0 unspecified atom stereocenters. The Morgan fingerprint density at radius 2 is 1.79 bits per heavy atom. The van der Waals surface area contributed by atoms with E-state index in [9.17, 15) is 9.59 Å². The zero-order valence-corrected chi connectivity index (χ0v) is 20.8. The van der Waals surface area contributed by atoms with Crippen LogP contribution < -0.4 is 14.8 Å². The number of halogens is 2. The minimum absolute atomic E-state index is 0.117. The van der Waals surface area contributed by atoms with E-state index in [0.29, 0.717) is 39.9 Å². The van der Waals surface area contributed by atoms with Crippen molar-refractivity contribution >= 4 is 35.0 Å². The van der Waals surface area contributed by atoms with Crippen molar-refractivity contribution in [3.63, 3.8) is 0 Å². The Bertz CT molecular complexity index is 1020. The van der Waals surface area contributed by atoms with E-state index in [1.165, 1.54) is 0 Å². The smallest absolute Gasteiger partial charge is 0.243 e. The maximum Gasteiger partial charge on any atom is 0.243 e. The monoisotopic (exact) mass is 504 g/mol. The van der Waals surface area contributed by atoms with E-state index in [1.54, 1.807) is 23.1 Å². The van der Waals surface area contributed by atoms with Crippen molar-refractivity contribution in [2.45, 2.75) is 70.5 Å². The van der Waals surface area contributed by atoms with Gasteiger partial charge in [-0.15, -0.1) is 0 Å². The number of hydrogen-bond acceptors (Lipinski definition) is 4. The minimum Gasteiger partial charge on any atom is -0.454 e. The predicted molar refractivity (Wildman–Crippen MR) is 132 cm³/mol. The lowest BCUT2D eigenvalue weighted by molar-refractivity contribution is -0.141. The van der Waals surface area contributed by atoms with Crippen LogP contribution in [-0.4, -0.2) is 35.6 Å². The predicted octanol–water partition coefficient (Wildman–Crippen LogP) is 5.52. The van der Waals surface area contributed by atoms with Crippen LogP contribution >= 0.6 is 23.2 Å². The molecule has 0 aromatic heterocycles. The van der Waals surface area contributed by atoms with Gasteiger partial charge >= 0.3 is 0 Å². The Labute approximate surface area is 210 Å². The number of hydrogen-bond donors (Lipinski definition) is 1. The lowest BCUT2D eigenvalue weighted by Gasteiger charge is -2.32. The van der Waals surface area contributed by atoms with Crippen LogP contribution in [0.1, 0.15) is 56.6 Å². The van der Waals surface area contributed by atoms with Gasteiger partial charge in [0.05, 0.1) is 0 Å². The molecule has 1 fully saturated rings. The van der Waals surface area contributed by atoms with Gasteiger partial charge in [0, 0.05) is 34.6 Å². The molecular formula is C26H30Cl2N2O4. The van der Waals surface area contributed by atoms with E-state index < -0.39 is 6.04 Å². The van der Waals surface area contributed by atoms with Crippen molar-refractivity contribution in [3.8, 4) is 11.5 Å². The van der Waals surface area contributed by atoms with Crippen LogP contribution in [0.3, 0.4) is 0 Å². The second-order valence-corrected chi connectivity index (χ2v) is 9.64. The van der Waals surface area contributed by atoms with Gasteiger partial charge in [0.25, 0.3) is 0 Å². The van der Waals surface area contributed by atoms with Gasteiger partial charge in [-0.3, -0.25) is 9.59 Å². The van der Waals surface area contributed by atoms with Crippen LogP contribution in [0, 0.1) is 0 Å². The lowest BCUT2D eigenvalue weighted by atomic mass is 10.0. The molecule has 6 nitrogen and oxygen atoms in total. The Kier molecular flexibility index (Phi) is 8.22. The number of aryl methyl sites for hydroxylation is 1. The number of rotatable bonds is 9. The summed E-state index contributed by atoms with van der Waals surface area (Å²) in [5.41, 5.74) is 1.62. The molecule has 182 valence electrons. The third-order valence-corrected chi connectivity index (χ3v) is 7.25. The van der Waals surface area contributed by atoms with Crippen molar-refractivity contribution in [3.05, 3.63) is 57.6 Å². The van der Waals surface area contributed by atoms with Crippen molar-refractivity contribution < 1.29 is 19.1 Å². The molecule has 8 heteroatoms. The highest BCUT2D eigenvalue weighted by atomic mass is 35.5. The first kappa shape index (κ1) is 24.7. The summed E-state index contributed by atoms with van der Waals surface area (Å²) in [4.78, 5) is 28.4. The molecule has 0 bridgehead atoms. The van der Waals surface area contributed by atoms with Crippen molar-refractivity contribution in [1.29, 1.82) is 0 Å². The van der Waals surface area contributed by atoms with E-state index >= 15 is 0 Å². The fraction of sp³-hybridized carbons (Fsp3) is 0.462. The number of carbonyl (C=O) groups excluding carboxylic acids is 2. The Morgan fingerprint density at radius 1 is 1.09 bits per heavy atom. The van der Waals surface area contributed by atoms with Crippen molar-refractivity contribution in [1.82, 2.24) is 10.2 Å². The molecule has 1 heterocycles.